The fourth-order valence-corrected chi connectivity index (χ4v) is 4.43. The average molecular weight is 362 g/mol. The first kappa shape index (κ1) is 17.8. The van der Waals surface area contributed by atoms with Crippen molar-refractivity contribution in [2.45, 2.75) is 57.4 Å². The van der Waals surface area contributed by atoms with E-state index in [1.165, 1.54) is 5.56 Å². The second kappa shape index (κ2) is 7.18. The lowest BCUT2D eigenvalue weighted by atomic mass is 9.79. The summed E-state index contributed by atoms with van der Waals surface area (Å²) in [5.74, 6) is 0.430. The maximum atomic E-state index is 11.9. The largest absolute Gasteiger partial charge is 0.481 e. The first-order valence-corrected chi connectivity index (χ1v) is 9.91. The summed E-state index contributed by atoms with van der Waals surface area (Å²) >= 11 is 0. The molecule has 1 N–H and O–H groups in total. The molecule has 0 radical (unpaired) electrons. The number of hydrogen-bond acceptors (Lipinski definition) is 2. The number of rotatable bonds is 6. The highest BCUT2D eigenvalue weighted by molar-refractivity contribution is 5.81. The fourth-order valence-electron chi connectivity index (χ4n) is 4.43. The van der Waals surface area contributed by atoms with E-state index >= 15 is 0 Å². The van der Waals surface area contributed by atoms with Crippen LogP contribution in [0.5, 0.6) is 0 Å². The number of hydrogen-bond donors (Lipinski definition) is 1. The fraction of sp³-hybridized carbons (Fsp3) is 0.391. The second-order valence-corrected chi connectivity index (χ2v) is 7.64. The molecule has 3 aromatic rings. The molecule has 4 heteroatoms. The van der Waals surface area contributed by atoms with Crippen LogP contribution in [0.3, 0.4) is 0 Å². The Hall–Kier alpha value is -2.62. The predicted molar refractivity (Wildman–Crippen MR) is 107 cm³/mol. The Balaban J connectivity index is 1.65. The summed E-state index contributed by atoms with van der Waals surface area (Å²) in [6, 6.07) is 16.5. The zero-order chi connectivity index (χ0) is 18.9. The van der Waals surface area contributed by atoms with Crippen LogP contribution in [-0.4, -0.2) is 20.6 Å². The number of imidazole rings is 1. The summed E-state index contributed by atoms with van der Waals surface area (Å²) in [5.41, 5.74) is 3.63. The lowest BCUT2D eigenvalue weighted by molar-refractivity contribution is -0.143. The minimum atomic E-state index is -0.687. The first-order valence-electron chi connectivity index (χ1n) is 9.91. The maximum absolute atomic E-state index is 11.9. The van der Waals surface area contributed by atoms with Gasteiger partial charge in [-0.15, -0.1) is 0 Å². The zero-order valence-electron chi connectivity index (χ0n) is 15.8. The molecule has 1 aliphatic carbocycles. The molecule has 27 heavy (non-hydrogen) atoms. The minimum absolute atomic E-state index is 0.682. The van der Waals surface area contributed by atoms with Crippen LogP contribution < -0.4 is 0 Å². The number of aryl methyl sites for hydroxylation is 1. The van der Waals surface area contributed by atoms with Gasteiger partial charge in [-0.1, -0.05) is 56.2 Å². The molecular weight excluding hydrogens is 336 g/mol. The number of carboxylic acid groups (broad SMARTS) is 1. The van der Waals surface area contributed by atoms with Crippen molar-refractivity contribution in [3.05, 3.63) is 65.5 Å². The number of carbonyl (C=O) groups is 1. The predicted octanol–water partition coefficient (Wildman–Crippen LogP) is 4.93. The van der Waals surface area contributed by atoms with Gasteiger partial charge in [0.05, 0.1) is 16.4 Å². The molecule has 4 rings (SSSR count). The first-order chi connectivity index (χ1) is 13.1. The van der Waals surface area contributed by atoms with Crippen LogP contribution in [0.15, 0.2) is 48.5 Å². The number of carboxylic acids is 1. The van der Waals surface area contributed by atoms with E-state index in [0.717, 1.165) is 67.5 Å². The summed E-state index contributed by atoms with van der Waals surface area (Å²) in [5, 5.41) is 9.80. The molecule has 0 spiro atoms. The monoisotopic (exact) mass is 362 g/mol. The zero-order valence-corrected chi connectivity index (χ0v) is 15.8. The molecule has 1 aliphatic rings. The summed E-state index contributed by atoms with van der Waals surface area (Å²) in [6.45, 7) is 2.93. The van der Waals surface area contributed by atoms with Gasteiger partial charge in [0.1, 0.15) is 5.82 Å². The van der Waals surface area contributed by atoms with Gasteiger partial charge in [0.2, 0.25) is 0 Å². The topological polar surface area (TPSA) is 55.1 Å². The normalized spacial score (nSPS) is 16.0. The van der Waals surface area contributed by atoms with E-state index in [1.54, 1.807) is 0 Å². The summed E-state index contributed by atoms with van der Waals surface area (Å²) < 4.78 is 2.29. The lowest BCUT2D eigenvalue weighted by Crippen LogP contribution is -2.32. The van der Waals surface area contributed by atoms with Crippen molar-refractivity contribution in [1.29, 1.82) is 0 Å². The molecule has 1 saturated carbocycles. The van der Waals surface area contributed by atoms with Gasteiger partial charge in [0, 0.05) is 13.0 Å². The molecule has 0 unspecified atom stereocenters. The smallest absolute Gasteiger partial charge is 0.314 e. The van der Waals surface area contributed by atoms with E-state index in [-0.39, 0.29) is 0 Å². The molecule has 1 heterocycles. The van der Waals surface area contributed by atoms with Crippen molar-refractivity contribution in [3.8, 4) is 0 Å². The molecule has 140 valence electrons. The number of nitrogens with zero attached hydrogens (tertiary/aromatic N) is 2. The van der Waals surface area contributed by atoms with Crippen molar-refractivity contribution >= 4 is 17.0 Å². The van der Waals surface area contributed by atoms with Crippen LogP contribution >= 0.6 is 0 Å². The van der Waals surface area contributed by atoms with E-state index in [4.69, 9.17) is 4.98 Å². The van der Waals surface area contributed by atoms with Gasteiger partial charge in [0.25, 0.3) is 0 Å². The average Bonchev–Trinajstić information content (AvgIpc) is 3.30. The highest BCUT2D eigenvalue weighted by Crippen LogP contribution is 2.41. The molecule has 2 aromatic carbocycles. The van der Waals surface area contributed by atoms with Crippen molar-refractivity contribution < 1.29 is 9.90 Å². The Bertz CT molecular complexity index is 950. The summed E-state index contributed by atoms with van der Waals surface area (Å²) in [6.07, 6.45) is 5.49. The van der Waals surface area contributed by atoms with E-state index in [9.17, 15) is 9.90 Å². The SMILES string of the molecule is CCCc1nc2ccccc2n1Cc1ccc(C2(C(=O)O)CCCC2)cc1. The van der Waals surface area contributed by atoms with E-state index in [2.05, 4.69) is 41.8 Å². The Morgan fingerprint density at radius 1 is 1.11 bits per heavy atom. The molecule has 1 fully saturated rings. The highest BCUT2D eigenvalue weighted by Gasteiger charge is 2.42. The van der Waals surface area contributed by atoms with Gasteiger partial charge in [-0.3, -0.25) is 4.79 Å². The molecule has 4 nitrogen and oxygen atoms in total. The Labute approximate surface area is 159 Å². The quantitative estimate of drug-likeness (QED) is 0.676. The maximum Gasteiger partial charge on any atom is 0.314 e. The van der Waals surface area contributed by atoms with Crippen LogP contribution in [0, 0.1) is 0 Å². The van der Waals surface area contributed by atoms with Crippen molar-refractivity contribution in [2.24, 2.45) is 0 Å². The molecule has 0 aliphatic heterocycles. The Kier molecular flexibility index (Phi) is 4.73. The minimum Gasteiger partial charge on any atom is -0.481 e. The second-order valence-electron chi connectivity index (χ2n) is 7.64. The Morgan fingerprint density at radius 2 is 1.81 bits per heavy atom. The van der Waals surface area contributed by atoms with Gasteiger partial charge in [-0.25, -0.2) is 4.98 Å². The Morgan fingerprint density at radius 3 is 2.48 bits per heavy atom. The number of fused-ring (bicyclic) bond motifs is 1. The molecule has 0 atom stereocenters. The number of para-hydroxylation sites is 2. The summed E-state index contributed by atoms with van der Waals surface area (Å²) in [7, 11) is 0. The number of benzene rings is 2. The summed E-state index contributed by atoms with van der Waals surface area (Å²) in [4.78, 5) is 16.7. The van der Waals surface area contributed by atoms with Crippen molar-refractivity contribution in [1.82, 2.24) is 9.55 Å². The van der Waals surface area contributed by atoms with Gasteiger partial charge in [0.15, 0.2) is 0 Å². The standard InChI is InChI=1S/C23H26N2O2/c1-2-7-21-24-19-8-3-4-9-20(19)25(21)16-17-10-12-18(13-11-17)23(22(26)27)14-5-6-15-23/h3-4,8-13H,2,5-7,14-16H2,1H3,(H,26,27). The van der Waals surface area contributed by atoms with Crippen LogP contribution in [0.2, 0.25) is 0 Å². The van der Waals surface area contributed by atoms with Crippen LogP contribution in [0.4, 0.5) is 0 Å². The van der Waals surface area contributed by atoms with Gasteiger partial charge < -0.3 is 9.67 Å². The molecular formula is C23H26N2O2. The van der Waals surface area contributed by atoms with Gasteiger partial charge in [-0.2, -0.15) is 0 Å². The lowest BCUT2D eigenvalue weighted by Gasteiger charge is -2.24. The van der Waals surface area contributed by atoms with Crippen LogP contribution in [0.1, 0.15) is 56.0 Å². The number of aliphatic carboxylic acids is 1. The molecule has 1 aromatic heterocycles. The van der Waals surface area contributed by atoms with E-state index in [1.807, 2.05) is 18.2 Å². The van der Waals surface area contributed by atoms with Crippen LogP contribution in [-0.2, 0) is 23.2 Å². The highest BCUT2D eigenvalue weighted by atomic mass is 16.4. The van der Waals surface area contributed by atoms with Gasteiger partial charge in [-0.05, 0) is 42.5 Å². The third kappa shape index (κ3) is 3.14. The van der Waals surface area contributed by atoms with Crippen molar-refractivity contribution in [2.75, 3.05) is 0 Å². The van der Waals surface area contributed by atoms with Gasteiger partial charge >= 0.3 is 5.97 Å². The van der Waals surface area contributed by atoms with E-state index < -0.39 is 11.4 Å². The van der Waals surface area contributed by atoms with Crippen LogP contribution in [0.25, 0.3) is 11.0 Å². The third-order valence-corrected chi connectivity index (χ3v) is 5.92. The third-order valence-electron chi connectivity index (χ3n) is 5.92. The number of aromatic nitrogens is 2. The molecule has 0 bridgehead atoms. The molecule has 0 saturated heterocycles. The van der Waals surface area contributed by atoms with Crippen molar-refractivity contribution in [3.63, 3.8) is 0 Å². The van der Waals surface area contributed by atoms with E-state index in [0.29, 0.717) is 0 Å². The molecule has 0 amide bonds.